The van der Waals surface area contributed by atoms with Crippen LogP contribution in [0.5, 0.6) is 11.5 Å². The van der Waals surface area contributed by atoms with Crippen molar-refractivity contribution in [2.45, 2.75) is 13.0 Å². The number of ketones is 1. The Labute approximate surface area is 232 Å². The number of aryl methyl sites for hydroxylation is 1. The second-order valence-electron chi connectivity index (χ2n) is 9.97. The van der Waals surface area contributed by atoms with Gasteiger partial charge in [0.2, 0.25) is 5.95 Å². The minimum atomic E-state index is -0.694. The van der Waals surface area contributed by atoms with Crippen molar-refractivity contribution in [3.8, 4) is 22.6 Å². The maximum Gasteiger partial charge on any atom is 0.298 e. The average Bonchev–Trinajstić information content (AvgIpc) is 3.30. The largest absolute Gasteiger partial charge is 0.494 e. The molecule has 1 saturated heterocycles. The Hall–Kier alpha value is -4.86. The third kappa shape index (κ3) is 4.61. The van der Waals surface area contributed by atoms with Gasteiger partial charge >= 0.3 is 0 Å². The highest BCUT2D eigenvalue weighted by Crippen LogP contribution is 2.38. The molecule has 0 bridgehead atoms. The van der Waals surface area contributed by atoms with Crippen LogP contribution in [0, 0.1) is 6.92 Å². The number of rotatable bonds is 6. The van der Waals surface area contributed by atoms with Crippen LogP contribution in [-0.4, -0.2) is 65.6 Å². The molecule has 1 atom stereocenters. The number of benzene rings is 2. The van der Waals surface area contributed by atoms with E-state index in [-0.39, 0.29) is 6.04 Å². The van der Waals surface area contributed by atoms with E-state index >= 15 is 0 Å². The van der Waals surface area contributed by atoms with Crippen molar-refractivity contribution in [3.05, 3.63) is 78.4 Å². The zero-order valence-electron chi connectivity index (χ0n) is 22.6. The molecular formula is C30H30N6O4. The molecule has 6 rings (SSSR count). The molecule has 4 aromatic rings. The number of carbonyl (C=O) groups excluding carboxylic acids is 2. The molecule has 204 valence electrons. The Balaban J connectivity index is 1.16. The number of anilines is 3. The number of amides is 1. The maximum atomic E-state index is 13.3. The predicted molar refractivity (Wildman–Crippen MR) is 152 cm³/mol. The summed E-state index contributed by atoms with van der Waals surface area (Å²) in [5.41, 5.74) is 4.34. The van der Waals surface area contributed by atoms with Gasteiger partial charge < -0.3 is 29.2 Å². The number of hydrogen-bond acceptors (Lipinski definition) is 8. The van der Waals surface area contributed by atoms with E-state index in [1.54, 1.807) is 37.2 Å². The lowest BCUT2D eigenvalue weighted by Gasteiger charge is -2.45. The van der Waals surface area contributed by atoms with E-state index in [4.69, 9.17) is 9.47 Å². The molecule has 0 saturated carbocycles. The Morgan fingerprint density at radius 3 is 2.58 bits per heavy atom. The van der Waals surface area contributed by atoms with Gasteiger partial charge in [0.25, 0.3) is 11.7 Å². The number of Topliss-reactive ketones (excluding diaryl/α,β-unsaturated/α-hetero) is 1. The van der Waals surface area contributed by atoms with Gasteiger partial charge in [-0.25, -0.2) is 9.97 Å². The standard InChI is InChI=1S/C30H30N6O4/c1-19-13-24(20-7-5-4-6-8-20)27(34(19)2)28(37)29(38)33-21-9-10-25-26(14-21)40-18-22-17-35(11-12-36(22)25)30-31-15-23(39-3)16-32-30/h4-10,13-16,22H,11-12,17-18H2,1-3H3,(H,33,38)/t22-/m0/s1. The van der Waals surface area contributed by atoms with Crippen LogP contribution in [0.2, 0.25) is 0 Å². The van der Waals surface area contributed by atoms with Gasteiger partial charge in [-0.15, -0.1) is 0 Å². The van der Waals surface area contributed by atoms with Crippen LogP contribution in [0.25, 0.3) is 11.1 Å². The molecule has 1 amide bonds. The average molecular weight is 539 g/mol. The number of nitrogens with zero attached hydrogens (tertiary/aromatic N) is 5. The van der Waals surface area contributed by atoms with Crippen molar-refractivity contribution in [1.82, 2.24) is 14.5 Å². The van der Waals surface area contributed by atoms with Crippen molar-refractivity contribution in [1.29, 1.82) is 0 Å². The predicted octanol–water partition coefficient (Wildman–Crippen LogP) is 3.71. The van der Waals surface area contributed by atoms with Crippen molar-refractivity contribution in [2.75, 3.05) is 48.5 Å². The van der Waals surface area contributed by atoms with Crippen LogP contribution in [0.4, 0.5) is 17.3 Å². The quantitative estimate of drug-likeness (QED) is 0.293. The van der Waals surface area contributed by atoms with E-state index in [1.807, 2.05) is 55.5 Å². The van der Waals surface area contributed by atoms with Gasteiger partial charge in [0.1, 0.15) is 18.1 Å². The zero-order valence-corrected chi connectivity index (χ0v) is 22.6. The van der Waals surface area contributed by atoms with Crippen LogP contribution >= 0.6 is 0 Å². The summed E-state index contributed by atoms with van der Waals surface area (Å²) in [6, 6.07) is 17.2. The number of methoxy groups -OCH3 is 1. The summed E-state index contributed by atoms with van der Waals surface area (Å²) in [7, 11) is 3.39. The highest BCUT2D eigenvalue weighted by molar-refractivity contribution is 6.47. The van der Waals surface area contributed by atoms with Crippen LogP contribution in [0.3, 0.4) is 0 Å². The SMILES string of the molecule is COc1cnc(N2CCN3c4ccc(NC(=O)C(=O)c5c(-c6ccccc6)cc(C)n5C)cc4OC[C@@H]3C2)nc1. The van der Waals surface area contributed by atoms with Gasteiger partial charge in [0, 0.05) is 49.7 Å². The van der Waals surface area contributed by atoms with Crippen molar-refractivity contribution in [2.24, 2.45) is 7.05 Å². The van der Waals surface area contributed by atoms with Gasteiger partial charge in [0.15, 0.2) is 5.75 Å². The lowest BCUT2D eigenvalue weighted by Crippen LogP contribution is -2.57. The molecule has 2 aliphatic heterocycles. The van der Waals surface area contributed by atoms with Gasteiger partial charge in [-0.05, 0) is 30.7 Å². The van der Waals surface area contributed by atoms with Crippen molar-refractivity contribution in [3.63, 3.8) is 0 Å². The summed E-state index contributed by atoms with van der Waals surface area (Å²) in [5, 5.41) is 2.78. The smallest absolute Gasteiger partial charge is 0.298 e. The van der Waals surface area contributed by atoms with Crippen LogP contribution in [0.1, 0.15) is 16.2 Å². The van der Waals surface area contributed by atoms with E-state index in [9.17, 15) is 9.59 Å². The van der Waals surface area contributed by atoms with E-state index in [0.29, 0.717) is 35.4 Å². The van der Waals surface area contributed by atoms with Crippen molar-refractivity contribution < 1.29 is 19.1 Å². The Bertz CT molecular complexity index is 1570. The summed E-state index contributed by atoms with van der Waals surface area (Å²) >= 11 is 0. The number of piperazine rings is 1. The molecular weight excluding hydrogens is 508 g/mol. The van der Waals surface area contributed by atoms with E-state index in [2.05, 4.69) is 25.1 Å². The number of ether oxygens (including phenoxy) is 2. The fourth-order valence-corrected chi connectivity index (χ4v) is 5.34. The lowest BCUT2D eigenvalue weighted by molar-refractivity contribution is -0.112. The summed E-state index contributed by atoms with van der Waals surface area (Å²) in [5.74, 6) is 0.676. The molecule has 2 aromatic carbocycles. The fourth-order valence-electron chi connectivity index (χ4n) is 5.34. The number of aromatic nitrogens is 3. The monoisotopic (exact) mass is 538 g/mol. The first-order valence-electron chi connectivity index (χ1n) is 13.1. The highest BCUT2D eigenvalue weighted by atomic mass is 16.5. The molecule has 0 radical (unpaired) electrons. The second-order valence-corrected chi connectivity index (χ2v) is 9.97. The minimum Gasteiger partial charge on any atom is -0.494 e. The first kappa shape index (κ1) is 25.4. The van der Waals surface area contributed by atoms with E-state index in [1.165, 1.54) is 0 Å². The van der Waals surface area contributed by atoms with Crippen LogP contribution < -0.4 is 24.6 Å². The van der Waals surface area contributed by atoms with E-state index < -0.39 is 11.7 Å². The summed E-state index contributed by atoms with van der Waals surface area (Å²) in [4.78, 5) is 39.8. The Morgan fingerprint density at radius 2 is 1.82 bits per heavy atom. The Morgan fingerprint density at radius 1 is 1.05 bits per heavy atom. The number of hydrogen-bond donors (Lipinski definition) is 1. The summed E-state index contributed by atoms with van der Waals surface area (Å²) in [6.07, 6.45) is 3.34. The van der Waals surface area contributed by atoms with Gasteiger partial charge in [-0.2, -0.15) is 0 Å². The topological polar surface area (TPSA) is 102 Å². The van der Waals surface area contributed by atoms with Crippen molar-refractivity contribution >= 4 is 29.0 Å². The number of fused-ring (bicyclic) bond motifs is 3. The van der Waals surface area contributed by atoms with E-state index in [0.717, 1.165) is 42.1 Å². The zero-order chi connectivity index (χ0) is 27.8. The molecule has 0 unspecified atom stereocenters. The number of nitrogens with one attached hydrogen (secondary N) is 1. The van der Waals surface area contributed by atoms with Gasteiger partial charge in [0.05, 0.1) is 31.2 Å². The third-order valence-electron chi connectivity index (χ3n) is 7.55. The number of carbonyl (C=O) groups is 2. The molecule has 1 fully saturated rings. The molecule has 0 aliphatic carbocycles. The second kappa shape index (κ2) is 10.4. The first-order chi connectivity index (χ1) is 19.4. The molecule has 4 heterocycles. The molecule has 40 heavy (non-hydrogen) atoms. The molecule has 0 spiro atoms. The summed E-state index contributed by atoms with van der Waals surface area (Å²) < 4.78 is 13.0. The van der Waals surface area contributed by atoms with Crippen LogP contribution in [-0.2, 0) is 11.8 Å². The van der Waals surface area contributed by atoms with Crippen LogP contribution in [0.15, 0.2) is 67.0 Å². The molecule has 2 aliphatic rings. The normalized spacial score (nSPS) is 16.0. The minimum absolute atomic E-state index is 0.131. The van der Waals surface area contributed by atoms with Gasteiger partial charge in [-0.1, -0.05) is 30.3 Å². The molecule has 1 N–H and O–H groups in total. The maximum absolute atomic E-state index is 13.3. The first-order valence-corrected chi connectivity index (χ1v) is 13.1. The van der Waals surface area contributed by atoms with Gasteiger partial charge in [-0.3, -0.25) is 9.59 Å². The molecule has 2 aromatic heterocycles. The molecule has 10 nitrogen and oxygen atoms in total. The Kier molecular flexibility index (Phi) is 6.59. The third-order valence-corrected chi connectivity index (χ3v) is 7.55. The summed E-state index contributed by atoms with van der Waals surface area (Å²) in [6.45, 7) is 4.65. The highest BCUT2D eigenvalue weighted by Gasteiger charge is 2.34. The fraction of sp³-hybridized carbons (Fsp3) is 0.267. The lowest BCUT2D eigenvalue weighted by atomic mass is 10.0. The molecule has 10 heteroatoms.